The summed E-state index contributed by atoms with van der Waals surface area (Å²) in [6, 6.07) is 11.7. The van der Waals surface area contributed by atoms with E-state index in [0.29, 0.717) is 38.2 Å². The quantitative estimate of drug-likeness (QED) is 0.624. The lowest BCUT2D eigenvalue weighted by Crippen LogP contribution is -2.61. The third kappa shape index (κ3) is 5.66. The lowest BCUT2D eigenvalue weighted by atomic mass is 9.82. The highest BCUT2D eigenvalue weighted by Crippen LogP contribution is 2.40. The third-order valence-corrected chi connectivity index (χ3v) is 7.97. The Labute approximate surface area is 216 Å². The van der Waals surface area contributed by atoms with E-state index in [1.165, 1.54) is 25.3 Å². The van der Waals surface area contributed by atoms with Gasteiger partial charge in [0, 0.05) is 50.2 Å². The van der Waals surface area contributed by atoms with Crippen LogP contribution in [0.5, 0.6) is 5.75 Å². The molecule has 37 heavy (non-hydrogen) atoms. The van der Waals surface area contributed by atoms with Gasteiger partial charge in [-0.3, -0.25) is 4.79 Å². The van der Waals surface area contributed by atoms with Crippen LogP contribution in [0.3, 0.4) is 0 Å². The maximum Gasteiger partial charge on any atom is 0.416 e. The van der Waals surface area contributed by atoms with Crippen molar-refractivity contribution in [3.8, 4) is 5.75 Å². The Balaban J connectivity index is 1.37. The Hall–Kier alpha value is -2.94. The summed E-state index contributed by atoms with van der Waals surface area (Å²) in [6.07, 6.45) is -0.491. The number of fused-ring (bicyclic) bond motifs is 3. The average molecular weight is 517 g/mol. The van der Waals surface area contributed by atoms with Gasteiger partial charge >= 0.3 is 6.18 Å². The molecule has 2 aromatic carbocycles. The van der Waals surface area contributed by atoms with Crippen LogP contribution in [0.2, 0.25) is 0 Å². The van der Waals surface area contributed by atoms with Gasteiger partial charge in [-0.25, -0.2) is 0 Å². The topological polar surface area (TPSA) is 48.1 Å². The fourth-order valence-electron chi connectivity index (χ4n) is 5.99. The number of piperazine rings is 1. The summed E-state index contributed by atoms with van der Waals surface area (Å²) in [5.41, 5.74) is 1.75. The van der Waals surface area contributed by atoms with Gasteiger partial charge in [-0.1, -0.05) is 12.5 Å². The van der Waals surface area contributed by atoms with Gasteiger partial charge in [-0.05, 0) is 68.2 Å². The van der Waals surface area contributed by atoms with Crippen LogP contribution < -0.4 is 19.9 Å². The molecule has 2 saturated heterocycles. The number of nitrogens with one attached hydrogen (secondary N) is 1. The van der Waals surface area contributed by atoms with Gasteiger partial charge in [0.25, 0.3) is 0 Å². The normalized spacial score (nSPS) is 22.3. The van der Waals surface area contributed by atoms with Crippen LogP contribution >= 0.6 is 0 Å². The number of anilines is 2. The molecule has 3 heterocycles. The van der Waals surface area contributed by atoms with Gasteiger partial charge in [0.15, 0.2) is 0 Å². The highest BCUT2D eigenvalue weighted by atomic mass is 19.4. The van der Waals surface area contributed by atoms with E-state index in [-0.39, 0.29) is 11.9 Å². The van der Waals surface area contributed by atoms with E-state index in [9.17, 15) is 18.0 Å². The van der Waals surface area contributed by atoms with Crippen LogP contribution in [0.4, 0.5) is 24.5 Å². The van der Waals surface area contributed by atoms with Gasteiger partial charge in [0.1, 0.15) is 5.75 Å². The minimum absolute atomic E-state index is 0.0810. The predicted octanol–water partition coefficient (Wildman–Crippen LogP) is 4.18. The molecule has 3 aliphatic heterocycles. The summed E-state index contributed by atoms with van der Waals surface area (Å²) in [6.45, 7) is 5.40. The van der Waals surface area contributed by atoms with E-state index in [1.54, 1.807) is 13.2 Å². The van der Waals surface area contributed by atoms with Crippen molar-refractivity contribution in [2.75, 3.05) is 62.7 Å². The Morgan fingerprint density at radius 1 is 1.05 bits per heavy atom. The molecule has 0 aliphatic carbocycles. The standard InChI is InChI=1S/C28H35F3N4O2/c1-37-23-7-5-6-22(18-23)34-14-15-35-25-9-8-21(28(29,30)31)16-20(25)17-24(26(35)19-34)27(36)32-10-13-33-11-3-2-4-12-33/h5-9,16,18,24,26H,2-4,10-15,17,19H2,1H3,(H,32,36)/t24-,26-/m0/s1. The molecule has 0 saturated carbocycles. The van der Waals surface area contributed by atoms with Crippen LogP contribution in [-0.2, 0) is 17.4 Å². The number of amides is 1. The molecule has 2 fully saturated rings. The molecular weight excluding hydrogens is 481 g/mol. The molecule has 2 atom stereocenters. The molecule has 0 aromatic heterocycles. The molecule has 200 valence electrons. The van der Waals surface area contributed by atoms with Crippen LogP contribution in [0.25, 0.3) is 0 Å². The molecule has 9 heteroatoms. The lowest BCUT2D eigenvalue weighted by Gasteiger charge is -2.49. The van der Waals surface area contributed by atoms with Crippen molar-refractivity contribution in [3.63, 3.8) is 0 Å². The SMILES string of the molecule is COc1cccc(N2CCN3c4ccc(C(F)(F)F)cc4C[C@H](C(=O)NCCN4CCCCC4)[C@@H]3C2)c1. The van der Waals surface area contributed by atoms with Crippen molar-refractivity contribution in [2.45, 2.75) is 37.9 Å². The van der Waals surface area contributed by atoms with E-state index < -0.39 is 17.7 Å². The third-order valence-electron chi connectivity index (χ3n) is 7.97. The summed E-state index contributed by atoms with van der Waals surface area (Å²) >= 11 is 0. The summed E-state index contributed by atoms with van der Waals surface area (Å²) < 4.78 is 45.8. The minimum Gasteiger partial charge on any atom is -0.497 e. The lowest BCUT2D eigenvalue weighted by molar-refractivity contribution is -0.137. The van der Waals surface area contributed by atoms with E-state index in [1.807, 2.05) is 24.3 Å². The number of halogens is 3. The van der Waals surface area contributed by atoms with Crippen molar-refractivity contribution in [1.29, 1.82) is 0 Å². The van der Waals surface area contributed by atoms with Crippen molar-refractivity contribution < 1.29 is 22.7 Å². The second-order valence-electron chi connectivity index (χ2n) is 10.3. The van der Waals surface area contributed by atoms with Gasteiger partial charge in [-0.15, -0.1) is 0 Å². The number of nitrogens with zero attached hydrogens (tertiary/aromatic N) is 3. The first-order chi connectivity index (χ1) is 17.8. The van der Waals surface area contributed by atoms with Crippen molar-refractivity contribution >= 4 is 17.3 Å². The number of alkyl halides is 3. The Morgan fingerprint density at radius 2 is 1.86 bits per heavy atom. The van der Waals surface area contributed by atoms with Gasteiger partial charge in [0.05, 0.1) is 24.6 Å². The fraction of sp³-hybridized carbons (Fsp3) is 0.536. The second kappa shape index (κ2) is 10.8. The highest BCUT2D eigenvalue weighted by molar-refractivity contribution is 5.82. The van der Waals surface area contributed by atoms with Crippen LogP contribution in [0.1, 0.15) is 30.4 Å². The first-order valence-electron chi connectivity index (χ1n) is 13.2. The van der Waals surface area contributed by atoms with Crippen LogP contribution in [0.15, 0.2) is 42.5 Å². The van der Waals surface area contributed by atoms with E-state index in [2.05, 4.69) is 20.0 Å². The predicted molar refractivity (Wildman–Crippen MR) is 138 cm³/mol. The Bertz CT molecular complexity index is 1100. The summed E-state index contributed by atoms with van der Waals surface area (Å²) in [7, 11) is 1.63. The Kier molecular flexibility index (Phi) is 7.51. The maximum atomic E-state index is 13.5. The van der Waals surface area contributed by atoms with Crippen molar-refractivity contribution in [1.82, 2.24) is 10.2 Å². The zero-order valence-corrected chi connectivity index (χ0v) is 21.3. The first-order valence-corrected chi connectivity index (χ1v) is 13.2. The van der Waals surface area contributed by atoms with Crippen LogP contribution in [0, 0.1) is 5.92 Å². The molecule has 0 radical (unpaired) electrons. The number of piperidine rings is 1. The molecule has 0 bridgehead atoms. The molecule has 1 amide bonds. The molecule has 3 aliphatic rings. The molecule has 5 rings (SSSR count). The number of hydrogen-bond donors (Lipinski definition) is 1. The van der Waals surface area contributed by atoms with Crippen molar-refractivity contribution in [2.24, 2.45) is 5.92 Å². The summed E-state index contributed by atoms with van der Waals surface area (Å²) in [5, 5.41) is 3.11. The largest absolute Gasteiger partial charge is 0.497 e. The number of carbonyl (C=O) groups excluding carboxylic acids is 1. The number of methoxy groups -OCH3 is 1. The van der Waals surface area contributed by atoms with Gasteiger partial charge in [-0.2, -0.15) is 13.2 Å². The Morgan fingerprint density at radius 3 is 2.62 bits per heavy atom. The van der Waals surface area contributed by atoms with Crippen molar-refractivity contribution in [3.05, 3.63) is 53.6 Å². The van der Waals surface area contributed by atoms with Crippen LogP contribution in [-0.4, -0.2) is 69.8 Å². The first kappa shape index (κ1) is 25.7. The number of hydrogen-bond acceptors (Lipinski definition) is 5. The van der Waals surface area contributed by atoms with E-state index in [0.717, 1.165) is 42.8 Å². The summed E-state index contributed by atoms with van der Waals surface area (Å²) in [5.74, 6) is 0.244. The molecule has 6 nitrogen and oxygen atoms in total. The second-order valence-corrected chi connectivity index (χ2v) is 10.3. The average Bonchev–Trinajstić information content (AvgIpc) is 2.92. The minimum atomic E-state index is -4.41. The maximum absolute atomic E-state index is 13.5. The molecule has 0 spiro atoms. The summed E-state index contributed by atoms with van der Waals surface area (Å²) in [4.78, 5) is 20.3. The fourth-order valence-corrected chi connectivity index (χ4v) is 5.99. The monoisotopic (exact) mass is 516 g/mol. The number of rotatable bonds is 6. The molecule has 2 aromatic rings. The zero-order valence-electron chi connectivity index (χ0n) is 21.3. The van der Waals surface area contributed by atoms with E-state index >= 15 is 0 Å². The smallest absolute Gasteiger partial charge is 0.416 e. The zero-order chi connectivity index (χ0) is 26.0. The van der Waals surface area contributed by atoms with E-state index in [4.69, 9.17) is 4.74 Å². The number of benzene rings is 2. The van der Waals surface area contributed by atoms with Gasteiger partial charge < -0.3 is 24.8 Å². The molecule has 1 N–H and O–H groups in total. The van der Waals surface area contributed by atoms with Gasteiger partial charge in [0.2, 0.25) is 5.91 Å². The molecular formula is C28H35F3N4O2. The number of ether oxygens (including phenoxy) is 1. The number of carbonyl (C=O) groups is 1. The highest BCUT2D eigenvalue weighted by Gasteiger charge is 2.42. The number of likely N-dealkylation sites (tertiary alicyclic amines) is 1. The molecule has 0 unspecified atom stereocenters.